The van der Waals surface area contributed by atoms with Crippen LogP contribution in [0.25, 0.3) is 0 Å². The van der Waals surface area contributed by atoms with Crippen molar-refractivity contribution in [2.75, 3.05) is 12.5 Å². The second kappa shape index (κ2) is 7.84. The number of aliphatic carboxylic acids is 1. The number of carbonyl (C=O) groups excluding carboxylic acids is 1. The minimum absolute atomic E-state index is 0.127. The Morgan fingerprint density at radius 2 is 1.87 bits per heavy atom. The van der Waals surface area contributed by atoms with Crippen LogP contribution in [0.15, 0.2) is 0 Å². The normalized spacial score (nSPS) is 14.3. The molecule has 0 amide bonds. The van der Waals surface area contributed by atoms with E-state index in [4.69, 9.17) is 14.9 Å². The summed E-state index contributed by atoms with van der Waals surface area (Å²) in [6.07, 6.45) is 2.97. The Morgan fingerprint density at radius 3 is 2.27 bits per heavy atom. The van der Waals surface area contributed by atoms with Gasteiger partial charge in [-0.15, -0.1) is 23.5 Å². The molecule has 88 valence electrons. The van der Waals surface area contributed by atoms with E-state index in [9.17, 15) is 9.59 Å². The van der Waals surface area contributed by atoms with Crippen molar-refractivity contribution in [1.82, 2.24) is 0 Å². The average molecular weight is 254 g/mol. The summed E-state index contributed by atoms with van der Waals surface area (Å²) < 4.78 is 4.85. The van der Waals surface area contributed by atoms with Gasteiger partial charge in [0.05, 0.1) is 12.8 Å². The van der Waals surface area contributed by atoms with Crippen LogP contribution in [0.1, 0.15) is 12.8 Å². The van der Waals surface area contributed by atoms with Crippen molar-refractivity contribution >= 4 is 35.5 Å². The number of hydrogen-bond acceptors (Lipinski definition) is 6. The smallest absolute Gasteiger partial charge is 0.310 e. The van der Waals surface area contributed by atoms with Crippen LogP contribution in [-0.4, -0.2) is 45.5 Å². The van der Waals surface area contributed by atoms with Crippen LogP contribution in [0.4, 0.5) is 0 Å². The molecular weight excluding hydrogens is 240 g/mol. The minimum atomic E-state index is -1.02. The van der Waals surface area contributed by atoms with Crippen LogP contribution >= 0.6 is 23.5 Å². The van der Waals surface area contributed by atoms with Gasteiger partial charge >= 0.3 is 11.9 Å². The molecule has 0 spiro atoms. The maximum absolute atomic E-state index is 11.2. The molecule has 0 aromatic rings. The van der Waals surface area contributed by atoms with Crippen molar-refractivity contribution in [3.63, 3.8) is 0 Å². The van der Waals surface area contributed by atoms with Crippen LogP contribution in [0, 0.1) is 0 Å². The van der Waals surface area contributed by atoms with Gasteiger partial charge in [-0.3, -0.25) is 9.59 Å². The van der Waals surface area contributed by atoms with Gasteiger partial charge in [0, 0.05) is 0 Å². The zero-order valence-corrected chi connectivity index (χ0v) is 10.1. The molecule has 0 saturated heterocycles. The quantitative estimate of drug-likeness (QED) is 0.512. The molecule has 0 aromatic carbocycles. The Morgan fingerprint density at radius 1 is 1.27 bits per heavy atom. The number of aliphatic hydroxyl groups excluding tert-OH is 1. The first-order chi connectivity index (χ1) is 6.99. The lowest BCUT2D eigenvalue weighted by Gasteiger charge is -2.14. The molecule has 0 radical (unpaired) electrons. The highest BCUT2D eigenvalue weighted by Crippen LogP contribution is 2.15. The lowest BCUT2D eigenvalue weighted by atomic mass is 10.4. The number of esters is 1. The standard InChI is InChI=1S/C8H14O5S2/c1-14-7(12)4-6(11)13-8(15-2)3-5(9)10/h7-8,12H,3-4H2,1-2H3,(H,9,10)/t7-,8-/m1/s1. The molecule has 0 saturated carbocycles. The summed E-state index contributed by atoms with van der Waals surface area (Å²) >= 11 is 2.28. The lowest BCUT2D eigenvalue weighted by Crippen LogP contribution is -2.20. The Kier molecular flexibility index (Phi) is 7.63. The van der Waals surface area contributed by atoms with E-state index in [2.05, 4.69) is 0 Å². The van der Waals surface area contributed by atoms with Crippen molar-refractivity contribution in [3.8, 4) is 0 Å². The van der Waals surface area contributed by atoms with E-state index < -0.39 is 22.8 Å². The molecule has 0 heterocycles. The van der Waals surface area contributed by atoms with Gasteiger partial charge in [-0.1, -0.05) is 0 Å². The zero-order chi connectivity index (χ0) is 11.8. The van der Waals surface area contributed by atoms with Crippen LogP contribution in [-0.2, 0) is 14.3 Å². The number of rotatable bonds is 7. The van der Waals surface area contributed by atoms with Gasteiger partial charge in [-0.25, -0.2) is 0 Å². The van der Waals surface area contributed by atoms with Gasteiger partial charge < -0.3 is 14.9 Å². The molecule has 0 aliphatic carbocycles. The van der Waals surface area contributed by atoms with E-state index in [1.54, 1.807) is 12.5 Å². The third-order valence-corrected chi connectivity index (χ3v) is 2.98. The molecule has 0 unspecified atom stereocenters. The third-order valence-electron chi connectivity index (χ3n) is 1.48. The molecule has 0 aromatic heterocycles. The van der Waals surface area contributed by atoms with E-state index in [1.165, 1.54) is 0 Å². The zero-order valence-electron chi connectivity index (χ0n) is 8.50. The predicted molar refractivity (Wildman–Crippen MR) is 59.8 cm³/mol. The minimum Gasteiger partial charge on any atom is -0.481 e. The first kappa shape index (κ1) is 14.6. The Balaban J connectivity index is 3.95. The summed E-state index contributed by atoms with van der Waals surface area (Å²) in [6, 6.07) is 0. The largest absolute Gasteiger partial charge is 0.481 e. The second-order valence-electron chi connectivity index (χ2n) is 2.65. The van der Waals surface area contributed by atoms with Crippen LogP contribution in [0.2, 0.25) is 0 Å². The topological polar surface area (TPSA) is 83.8 Å². The molecule has 0 aliphatic heterocycles. The molecule has 0 fully saturated rings. The first-order valence-electron chi connectivity index (χ1n) is 4.14. The van der Waals surface area contributed by atoms with Crippen molar-refractivity contribution in [2.45, 2.75) is 23.7 Å². The van der Waals surface area contributed by atoms with Gasteiger partial charge in [0.2, 0.25) is 0 Å². The van der Waals surface area contributed by atoms with Gasteiger partial charge in [0.15, 0.2) is 5.44 Å². The van der Waals surface area contributed by atoms with Crippen LogP contribution in [0.5, 0.6) is 0 Å². The monoisotopic (exact) mass is 254 g/mol. The molecule has 0 aliphatic rings. The Bertz CT molecular complexity index is 221. The highest BCUT2D eigenvalue weighted by atomic mass is 32.2. The highest BCUT2D eigenvalue weighted by molar-refractivity contribution is 7.99. The molecular formula is C8H14O5S2. The summed E-state index contributed by atoms with van der Waals surface area (Å²) in [7, 11) is 0. The number of thioether (sulfide) groups is 2. The number of carboxylic acid groups (broad SMARTS) is 1. The highest BCUT2D eigenvalue weighted by Gasteiger charge is 2.18. The van der Waals surface area contributed by atoms with E-state index in [0.717, 1.165) is 23.5 Å². The van der Waals surface area contributed by atoms with E-state index in [0.29, 0.717) is 0 Å². The van der Waals surface area contributed by atoms with Gasteiger partial charge in [-0.05, 0) is 12.5 Å². The molecule has 5 nitrogen and oxygen atoms in total. The SMILES string of the molecule is CS[C@H](CC(=O)O)OC(=O)C[C@H](O)SC. The van der Waals surface area contributed by atoms with Crippen LogP contribution < -0.4 is 0 Å². The molecule has 2 atom stereocenters. The number of ether oxygens (including phenoxy) is 1. The summed E-state index contributed by atoms with van der Waals surface area (Å²) in [5.41, 5.74) is -1.49. The summed E-state index contributed by atoms with van der Waals surface area (Å²) in [6.45, 7) is 0. The fourth-order valence-corrected chi connectivity index (χ4v) is 1.55. The number of aliphatic hydroxyl groups is 1. The average Bonchev–Trinajstić information content (AvgIpc) is 2.15. The van der Waals surface area contributed by atoms with Crippen molar-refractivity contribution < 1.29 is 24.5 Å². The molecule has 0 bridgehead atoms. The van der Waals surface area contributed by atoms with Gasteiger partial charge in [0.1, 0.15) is 5.44 Å². The van der Waals surface area contributed by atoms with E-state index >= 15 is 0 Å². The number of carboxylic acids is 1. The van der Waals surface area contributed by atoms with Crippen molar-refractivity contribution in [2.24, 2.45) is 0 Å². The van der Waals surface area contributed by atoms with Crippen molar-refractivity contribution in [3.05, 3.63) is 0 Å². The van der Waals surface area contributed by atoms with Gasteiger partial charge in [0.25, 0.3) is 0 Å². The van der Waals surface area contributed by atoms with Crippen molar-refractivity contribution in [1.29, 1.82) is 0 Å². The first-order valence-corrected chi connectivity index (χ1v) is 6.72. The summed E-state index contributed by atoms with van der Waals surface area (Å²) in [4.78, 5) is 21.5. The lowest BCUT2D eigenvalue weighted by molar-refractivity contribution is -0.149. The van der Waals surface area contributed by atoms with Crippen LogP contribution in [0.3, 0.4) is 0 Å². The predicted octanol–water partition coefficient (Wildman–Crippen LogP) is 0.765. The number of hydrogen-bond donors (Lipinski definition) is 2. The van der Waals surface area contributed by atoms with E-state index in [-0.39, 0.29) is 12.8 Å². The fraction of sp³-hybridized carbons (Fsp3) is 0.750. The Hall–Kier alpha value is -0.400. The number of carbonyl (C=O) groups is 2. The van der Waals surface area contributed by atoms with Gasteiger partial charge in [-0.2, -0.15) is 0 Å². The Labute approximate surface area is 96.6 Å². The van der Waals surface area contributed by atoms with E-state index in [1.807, 2.05) is 0 Å². The third kappa shape index (κ3) is 7.52. The maximum Gasteiger partial charge on any atom is 0.310 e. The summed E-state index contributed by atoms with van der Waals surface area (Å²) in [5.74, 6) is -1.61. The molecule has 2 N–H and O–H groups in total. The molecule has 0 rings (SSSR count). The summed E-state index contributed by atoms with van der Waals surface area (Å²) in [5, 5.41) is 17.6. The fourth-order valence-electron chi connectivity index (χ4n) is 0.736. The molecule has 7 heteroatoms. The molecule has 15 heavy (non-hydrogen) atoms. The second-order valence-corrected chi connectivity index (χ2v) is 4.66. The maximum atomic E-state index is 11.2.